The molecule has 0 bridgehead atoms. The van der Waals surface area contributed by atoms with Crippen molar-refractivity contribution < 1.29 is 23.9 Å². The fraction of sp³-hybridized carbons (Fsp3) is 0.613. The number of hydrogen-bond donors (Lipinski definition) is 2. The average Bonchev–Trinajstić information content (AvgIpc) is 3.72. The summed E-state index contributed by atoms with van der Waals surface area (Å²) in [6, 6.07) is -0.0994. The van der Waals surface area contributed by atoms with Gasteiger partial charge in [0.1, 0.15) is 23.6 Å². The summed E-state index contributed by atoms with van der Waals surface area (Å²) in [7, 11) is 0. The Hall–Kier alpha value is -3.00. The van der Waals surface area contributed by atoms with Crippen molar-refractivity contribution in [2.75, 3.05) is 0 Å². The molecule has 2 saturated heterocycles. The lowest BCUT2D eigenvalue weighted by Gasteiger charge is -2.35. The van der Waals surface area contributed by atoms with Crippen LogP contribution in [0.5, 0.6) is 0 Å². The van der Waals surface area contributed by atoms with Gasteiger partial charge in [-0.15, -0.1) is 0 Å². The van der Waals surface area contributed by atoms with E-state index in [4.69, 9.17) is 4.74 Å². The highest BCUT2D eigenvalue weighted by Gasteiger charge is 2.74. The van der Waals surface area contributed by atoms with Crippen LogP contribution in [0.15, 0.2) is 46.0 Å². The van der Waals surface area contributed by atoms with E-state index in [1.54, 1.807) is 6.08 Å². The third kappa shape index (κ3) is 3.46. The summed E-state index contributed by atoms with van der Waals surface area (Å²) in [5.74, 6) is 0.745. The van der Waals surface area contributed by atoms with E-state index in [1.165, 1.54) is 6.08 Å². The number of nitrogens with zero attached hydrogens (tertiary/aromatic N) is 1. The summed E-state index contributed by atoms with van der Waals surface area (Å²) >= 11 is 0. The number of ether oxygens (including phenoxy) is 1. The Kier molecular flexibility index (Phi) is 5.55. The minimum absolute atomic E-state index is 0.0259. The van der Waals surface area contributed by atoms with Gasteiger partial charge in [-0.05, 0) is 65.7 Å². The van der Waals surface area contributed by atoms with Crippen molar-refractivity contribution in [1.82, 2.24) is 15.5 Å². The number of nitrogens with one attached hydrogen (secondary N) is 2. The Morgan fingerprint density at radius 3 is 2.21 bits per heavy atom. The van der Waals surface area contributed by atoms with E-state index in [-0.39, 0.29) is 59.9 Å². The van der Waals surface area contributed by atoms with Gasteiger partial charge in [0.05, 0.1) is 6.04 Å². The molecule has 8 nitrogen and oxygen atoms in total. The number of Topliss-reactive ketones (excluding diaryl/α,β-unsaturated/α-hetero) is 2. The van der Waals surface area contributed by atoms with Crippen molar-refractivity contribution in [2.45, 2.75) is 92.0 Å². The Morgan fingerprint density at radius 2 is 1.59 bits per heavy atom. The maximum Gasteiger partial charge on any atom is 0.249 e. The molecule has 0 spiro atoms. The first-order valence-electron chi connectivity index (χ1n) is 14.1. The third-order valence-electron chi connectivity index (χ3n) is 10.3. The molecule has 39 heavy (non-hydrogen) atoms. The smallest absolute Gasteiger partial charge is 0.249 e. The molecular weight excluding hydrogens is 494 g/mol. The Balaban J connectivity index is 1.45. The van der Waals surface area contributed by atoms with E-state index < -0.39 is 11.0 Å². The van der Waals surface area contributed by atoms with Crippen molar-refractivity contribution in [3.05, 3.63) is 46.0 Å². The highest BCUT2D eigenvalue weighted by atomic mass is 16.6. The van der Waals surface area contributed by atoms with Gasteiger partial charge in [0.2, 0.25) is 11.8 Å². The number of carbonyl (C=O) groups is 4. The summed E-state index contributed by atoms with van der Waals surface area (Å²) in [5.41, 5.74) is 1.75. The van der Waals surface area contributed by atoms with Crippen molar-refractivity contribution in [3.63, 3.8) is 0 Å². The van der Waals surface area contributed by atoms with Crippen molar-refractivity contribution in [3.8, 4) is 0 Å². The average molecular weight is 534 g/mol. The predicted octanol–water partition coefficient (Wildman–Crippen LogP) is 3.31. The van der Waals surface area contributed by atoms with Gasteiger partial charge in [0.15, 0.2) is 11.6 Å². The molecule has 1 unspecified atom stereocenters. The molecule has 2 amide bonds. The zero-order valence-corrected chi connectivity index (χ0v) is 24.1. The number of fused-ring (bicyclic) bond motifs is 6. The van der Waals surface area contributed by atoms with Crippen LogP contribution in [-0.4, -0.2) is 52.1 Å². The van der Waals surface area contributed by atoms with Crippen LogP contribution in [0.2, 0.25) is 0 Å². The van der Waals surface area contributed by atoms with E-state index in [1.807, 2.05) is 53.4 Å². The van der Waals surface area contributed by atoms with Gasteiger partial charge >= 0.3 is 0 Å². The number of epoxide rings is 1. The molecule has 4 fully saturated rings. The van der Waals surface area contributed by atoms with E-state index in [2.05, 4.69) is 17.6 Å². The monoisotopic (exact) mass is 533 g/mol. The lowest BCUT2D eigenvalue weighted by molar-refractivity contribution is -0.125. The number of morpholine rings is 1. The zero-order chi connectivity index (χ0) is 28.3. The standard InChI is InChI=1S/C31H39N3O5/c1-13(2)9-21(35)32-24-18(26(37)30(7)20-12-17(20)15(5)23(24)30)11-19-27(38)31(8)28-25(39-28)16(6)34(31)29(19)33-22(36)10-14(3)4/h9-10,15-17,20,23,25,28H,11-12H2,1-8H3,(H,32,35)(H,33,36)/t15-,16-,17-,20+,23?,25-,28+,30-,31-/m0/s1. The van der Waals surface area contributed by atoms with Crippen LogP contribution in [0.3, 0.4) is 0 Å². The number of ketones is 2. The molecule has 0 radical (unpaired) electrons. The molecule has 2 saturated carbocycles. The molecule has 0 aromatic heterocycles. The van der Waals surface area contributed by atoms with Crippen LogP contribution in [0.25, 0.3) is 0 Å². The van der Waals surface area contributed by atoms with Gasteiger partial charge in [-0.1, -0.05) is 25.0 Å². The second kappa shape index (κ2) is 8.26. The summed E-state index contributed by atoms with van der Waals surface area (Å²) in [4.78, 5) is 56.3. The van der Waals surface area contributed by atoms with Crippen LogP contribution < -0.4 is 10.6 Å². The summed E-state index contributed by atoms with van der Waals surface area (Å²) < 4.78 is 5.87. The second-order valence-electron chi connectivity index (χ2n) is 13.4. The van der Waals surface area contributed by atoms with Gasteiger partial charge in [0, 0.05) is 46.7 Å². The highest BCUT2D eigenvalue weighted by Crippen LogP contribution is 2.72. The molecule has 0 aromatic rings. The van der Waals surface area contributed by atoms with Crippen LogP contribution in [0.4, 0.5) is 0 Å². The molecule has 0 aromatic carbocycles. The molecule has 9 atom stereocenters. The van der Waals surface area contributed by atoms with Crippen molar-refractivity contribution >= 4 is 23.4 Å². The number of allylic oxidation sites excluding steroid dienone is 4. The minimum Gasteiger partial charge on any atom is -0.364 e. The number of rotatable bonds is 6. The third-order valence-corrected chi connectivity index (χ3v) is 10.3. The fourth-order valence-corrected chi connectivity index (χ4v) is 8.55. The molecule has 3 aliphatic heterocycles. The Labute approximate surface area is 230 Å². The van der Waals surface area contributed by atoms with Gasteiger partial charge in [-0.2, -0.15) is 0 Å². The van der Waals surface area contributed by atoms with E-state index in [9.17, 15) is 19.2 Å². The molecule has 3 aliphatic carbocycles. The van der Waals surface area contributed by atoms with Crippen LogP contribution in [-0.2, 0) is 23.9 Å². The van der Waals surface area contributed by atoms with Gasteiger partial charge in [0.25, 0.3) is 0 Å². The molecule has 208 valence electrons. The number of amides is 2. The van der Waals surface area contributed by atoms with Crippen molar-refractivity contribution in [1.29, 1.82) is 0 Å². The summed E-state index contributed by atoms with van der Waals surface area (Å²) in [6.45, 7) is 15.5. The predicted molar refractivity (Wildman–Crippen MR) is 145 cm³/mol. The SMILES string of the molecule is CC(C)=CC(=O)NC1=C(CC2=C(NC(=O)C=C(C)C)N3[C@@H](C)[C@@H]4O[C@H]4[C@]3(C)C2=O)C(=O)[C@]2(C)C1[C@@H](C)[C@@H]1C[C@H]12. The number of carbonyl (C=O) groups excluding carboxylic acids is 4. The Morgan fingerprint density at radius 1 is 0.974 bits per heavy atom. The maximum absolute atomic E-state index is 14.2. The minimum atomic E-state index is -0.935. The largest absolute Gasteiger partial charge is 0.364 e. The quantitative estimate of drug-likeness (QED) is 0.401. The van der Waals surface area contributed by atoms with E-state index >= 15 is 0 Å². The van der Waals surface area contributed by atoms with Gasteiger partial charge in [-0.3, -0.25) is 19.2 Å². The molecule has 3 heterocycles. The molecular formula is C31H39N3O5. The molecule has 6 rings (SSSR count). The topological polar surface area (TPSA) is 108 Å². The maximum atomic E-state index is 14.2. The molecule has 8 heteroatoms. The fourth-order valence-electron chi connectivity index (χ4n) is 8.55. The summed E-state index contributed by atoms with van der Waals surface area (Å²) in [6.07, 6.45) is 3.83. The first-order valence-corrected chi connectivity index (χ1v) is 14.1. The van der Waals surface area contributed by atoms with Gasteiger partial charge < -0.3 is 20.3 Å². The van der Waals surface area contributed by atoms with E-state index in [0.717, 1.165) is 17.6 Å². The van der Waals surface area contributed by atoms with Crippen LogP contribution in [0.1, 0.15) is 68.2 Å². The summed E-state index contributed by atoms with van der Waals surface area (Å²) in [5, 5.41) is 6.09. The molecule has 6 aliphatic rings. The number of hydrogen-bond acceptors (Lipinski definition) is 6. The second-order valence-corrected chi connectivity index (χ2v) is 13.4. The normalized spacial score (nSPS) is 40.7. The molecule has 2 N–H and O–H groups in total. The van der Waals surface area contributed by atoms with Gasteiger partial charge in [-0.25, -0.2) is 0 Å². The lowest BCUT2D eigenvalue weighted by atomic mass is 9.73. The highest BCUT2D eigenvalue weighted by molar-refractivity contribution is 6.12. The van der Waals surface area contributed by atoms with Crippen molar-refractivity contribution in [2.24, 2.45) is 29.1 Å². The zero-order valence-electron chi connectivity index (χ0n) is 24.1. The first-order chi connectivity index (χ1) is 18.2. The lowest BCUT2D eigenvalue weighted by Crippen LogP contribution is -2.51. The Bertz CT molecular complexity index is 1260. The van der Waals surface area contributed by atoms with Crippen LogP contribution in [0, 0.1) is 29.1 Å². The van der Waals surface area contributed by atoms with E-state index in [0.29, 0.717) is 34.5 Å². The van der Waals surface area contributed by atoms with Crippen LogP contribution >= 0.6 is 0 Å². The first kappa shape index (κ1) is 26.2.